The topological polar surface area (TPSA) is 92.0 Å². The number of nitrogens with two attached hydrogens (primary N) is 1. The smallest absolute Gasteiger partial charge is 0.399 e. The summed E-state index contributed by atoms with van der Waals surface area (Å²) in [5, 5.41) is 6.41. The highest BCUT2D eigenvalue weighted by Crippen LogP contribution is 2.34. The standard InChI is InChI=1S/C21H24F3N7.2ClH/c1-2-6-26-15-5-8-31(12-15)19-18-17(4-3-7-27-18)29-20(30-19)28-16-10-13(21(22,23)24)9-14(25)11-16;;/h3-4,7,9-11,15,26H,2,5-6,8,12,25H2,1H3,(H,28,29,30);2*1H/t15-;;/m0../s1. The number of anilines is 4. The number of rotatable bonds is 6. The van der Waals surface area contributed by atoms with Crippen molar-refractivity contribution >= 4 is 59.0 Å². The van der Waals surface area contributed by atoms with Crippen LogP contribution in [0.1, 0.15) is 25.3 Å². The molecule has 0 bridgehead atoms. The second kappa shape index (κ2) is 11.0. The molecular formula is C21H26Cl2F3N7. The molecule has 0 amide bonds. The number of alkyl halides is 3. The number of hydrogen-bond acceptors (Lipinski definition) is 7. The van der Waals surface area contributed by atoms with E-state index in [-0.39, 0.29) is 42.1 Å². The number of nitrogen functional groups attached to an aromatic ring is 1. The first-order chi connectivity index (χ1) is 14.8. The van der Waals surface area contributed by atoms with Crippen LogP contribution in [-0.4, -0.2) is 40.6 Å². The van der Waals surface area contributed by atoms with Gasteiger partial charge in [0.1, 0.15) is 5.52 Å². The summed E-state index contributed by atoms with van der Waals surface area (Å²) in [6.07, 6.45) is -0.784. The van der Waals surface area contributed by atoms with Gasteiger partial charge in [-0.25, -0.2) is 4.98 Å². The fourth-order valence-corrected chi connectivity index (χ4v) is 3.71. The van der Waals surface area contributed by atoms with Crippen LogP contribution in [0.25, 0.3) is 11.0 Å². The minimum absolute atomic E-state index is 0. The Kier molecular flexibility index (Phi) is 8.93. The Morgan fingerprint density at radius 1 is 1.18 bits per heavy atom. The van der Waals surface area contributed by atoms with Crippen LogP contribution in [0, 0.1) is 0 Å². The number of nitrogens with zero attached hydrogens (tertiary/aromatic N) is 4. The monoisotopic (exact) mass is 503 g/mol. The third-order valence-corrected chi connectivity index (χ3v) is 5.15. The van der Waals surface area contributed by atoms with Crippen molar-refractivity contribution in [2.24, 2.45) is 0 Å². The average Bonchev–Trinajstić information content (AvgIpc) is 3.19. The number of halogens is 5. The average molecular weight is 504 g/mol. The fraction of sp³-hybridized carbons (Fsp3) is 0.381. The Labute approximate surface area is 202 Å². The molecule has 4 N–H and O–H groups in total. The second-order valence-corrected chi connectivity index (χ2v) is 7.59. The third kappa shape index (κ3) is 6.27. The van der Waals surface area contributed by atoms with Crippen molar-refractivity contribution in [1.82, 2.24) is 20.3 Å². The van der Waals surface area contributed by atoms with Gasteiger partial charge in [0, 0.05) is 36.7 Å². The SMILES string of the molecule is CCCN[C@H]1CCN(c2nc(Nc3cc(N)cc(C(F)(F)F)c3)nc3cccnc23)C1.Cl.Cl. The molecule has 1 saturated heterocycles. The van der Waals surface area contributed by atoms with Crippen molar-refractivity contribution in [2.75, 3.05) is 35.6 Å². The highest BCUT2D eigenvalue weighted by Gasteiger charge is 2.31. The van der Waals surface area contributed by atoms with Gasteiger partial charge in [-0.1, -0.05) is 6.92 Å². The first-order valence-electron chi connectivity index (χ1n) is 10.2. The predicted octanol–water partition coefficient (Wildman–Crippen LogP) is 4.79. The molecule has 0 unspecified atom stereocenters. The van der Waals surface area contributed by atoms with Crippen LogP contribution in [0.5, 0.6) is 0 Å². The number of fused-ring (bicyclic) bond motifs is 1. The summed E-state index contributed by atoms with van der Waals surface area (Å²) in [6.45, 7) is 4.66. The van der Waals surface area contributed by atoms with E-state index in [2.05, 4.69) is 37.4 Å². The molecule has 7 nitrogen and oxygen atoms in total. The largest absolute Gasteiger partial charge is 0.416 e. The summed E-state index contributed by atoms with van der Waals surface area (Å²) in [7, 11) is 0. The van der Waals surface area contributed by atoms with Gasteiger partial charge in [-0.3, -0.25) is 4.98 Å². The molecule has 0 radical (unpaired) electrons. The van der Waals surface area contributed by atoms with Crippen LogP contribution in [0.2, 0.25) is 0 Å². The molecule has 0 aliphatic carbocycles. The van der Waals surface area contributed by atoms with E-state index in [1.165, 1.54) is 6.07 Å². The maximum atomic E-state index is 13.2. The molecule has 12 heteroatoms. The quantitative estimate of drug-likeness (QED) is 0.416. The summed E-state index contributed by atoms with van der Waals surface area (Å²) in [5.41, 5.74) is 6.29. The van der Waals surface area contributed by atoms with Crippen molar-refractivity contribution in [3.63, 3.8) is 0 Å². The second-order valence-electron chi connectivity index (χ2n) is 7.59. The van der Waals surface area contributed by atoms with Crippen LogP contribution < -0.4 is 21.3 Å². The lowest BCUT2D eigenvalue weighted by Gasteiger charge is -2.20. The van der Waals surface area contributed by atoms with Crippen molar-refractivity contribution in [1.29, 1.82) is 0 Å². The zero-order chi connectivity index (χ0) is 22.0. The van der Waals surface area contributed by atoms with Crippen molar-refractivity contribution in [2.45, 2.75) is 32.0 Å². The van der Waals surface area contributed by atoms with Gasteiger partial charge in [0.15, 0.2) is 5.82 Å². The van der Waals surface area contributed by atoms with Gasteiger partial charge in [-0.2, -0.15) is 18.2 Å². The van der Waals surface area contributed by atoms with Gasteiger partial charge >= 0.3 is 6.18 Å². The number of benzene rings is 1. The van der Waals surface area contributed by atoms with Crippen LogP contribution in [0.15, 0.2) is 36.5 Å². The van der Waals surface area contributed by atoms with Crippen LogP contribution in [0.3, 0.4) is 0 Å². The first-order valence-corrected chi connectivity index (χ1v) is 10.2. The van der Waals surface area contributed by atoms with Gasteiger partial charge in [0.25, 0.3) is 0 Å². The summed E-state index contributed by atoms with van der Waals surface area (Å²) in [5.74, 6) is 0.855. The Morgan fingerprint density at radius 2 is 1.97 bits per heavy atom. The molecule has 1 aliphatic rings. The first kappa shape index (κ1) is 26.7. The molecule has 1 atom stereocenters. The molecule has 33 heavy (non-hydrogen) atoms. The lowest BCUT2D eigenvalue weighted by atomic mass is 10.1. The fourth-order valence-electron chi connectivity index (χ4n) is 3.71. The van der Waals surface area contributed by atoms with E-state index in [4.69, 9.17) is 5.73 Å². The number of hydrogen-bond donors (Lipinski definition) is 3. The molecule has 0 spiro atoms. The van der Waals surface area contributed by atoms with Crippen LogP contribution in [-0.2, 0) is 6.18 Å². The Hall–Kier alpha value is -2.56. The van der Waals surface area contributed by atoms with Gasteiger partial charge in [0.05, 0.1) is 11.1 Å². The molecule has 2 aromatic heterocycles. The highest BCUT2D eigenvalue weighted by molar-refractivity contribution is 5.87. The molecule has 1 fully saturated rings. The summed E-state index contributed by atoms with van der Waals surface area (Å²) >= 11 is 0. The minimum atomic E-state index is -4.50. The van der Waals surface area contributed by atoms with E-state index in [0.29, 0.717) is 22.9 Å². The minimum Gasteiger partial charge on any atom is -0.399 e. The molecule has 0 saturated carbocycles. The van der Waals surface area contributed by atoms with E-state index in [0.717, 1.165) is 44.6 Å². The van der Waals surface area contributed by atoms with Crippen LogP contribution >= 0.6 is 24.8 Å². The summed E-state index contributed by atoms with van der Waals surface area (Å²) in [6, 6.07) is 7.24. The Morgan fingerprint density at radius 3 is 2.70 bits per heavy atom. The Bertz CT molecular complexity index is 1080. The van der Waals surface area contributed by atoms with Crippen LogP contribution in [0.4, 0.5) is 36.3 Å². The highest BCUT2D eigenvalue weighted by atomic mass is 35.5. The molecular weight excluding hydrogens is 478 g/mol. The molecule has 180 valence electrons. The molecule has 3 aromatic rings. The van der Waals surface area contributed by atoms with E-state index >= 15 is 0 Å². The molecule has 4 rings (SSSR count). The van der Waals surface area contributed by atoms with Crippen molar-refractivity contribution < 1.29 is 13.2 Å². The molecule has 1 aliphatic heterocycles. The van der Waals surface area contributed by atoms with E-state index in [1.807, 2.05) is 6.07 Å². The van der Waals surface area contributed by atoms with Gasteiger partial charge in [-0.15, -0.1) is 24.8 Å². The maximum absolute atomic E-state index is 13.2. The zero-order valence-corrected chi connectivity index (χ0v) is 19.5. The van der Waals surface area contributed by atoms with Gasteiger partial charge < -0.3 is 21.3 Å². The maximum Gasteiger partial charge on any atom is 0.416 e. The van der Waals surface area contributed by atoms with Crippen molar-refractivity contribution in [3.8, 4) is 0 Å². The van der Waals surface area contributed by atoms with E-state index in [9.17, 15) is 13.2 Å². The van der Waals surface area contributed by atoms with E-state index in [1.54, 1.807) is 12.3 Å². The lowest BCUT2D eigenvalue weighted by molar-refractivity contribution is -0.137. The Balaban J connectivity index is 0.00000193. The third-order valence-electron chi connectivity index (χ3n) is 5.15. The zero-order valence-electron chi connectivity index (χ0n) is 17.9. The normalized spacial score (nSPS) is 15.8. The van der Waals surface area contributed by atoms with E-state index < -0.39 is 11.7 Å². The number of pyridine rings is 1. The summed E-state index contributed by atoms with van der Waals surface area (Å²) < 4.78 is 39.5. The van der Waals surface area contributed by atoms with Gasteiger partial charge in [-0.05, 0) is 49.7 Å². The molecule has 3 heterocycles. The number of aromatic nitrogens is 3. The lowest BCUT2D eigenvalue weighted by Crippen LogP contribution is -2.33. The molecule has 1 aromatic carbocycles. The van der Waals surface area contributed by atoms with Gasteiger partial charge in [0.2, 0.25) is 5.95 Å². The predicted molar refractivity (Wildman–Crippen MR) is 130 cm³/mol. The van der Waals surface area contributed by atoms with Crippen molar-refractivity contribution in [3.05, 3.63) is 42.1 Å². The summed E-state index contributed by atoms with van der Waals surface area (Å²) in [4.78, 5) is 15.6. The number of nitrogens with one attached hydrogen (secondary N) is 2.